The van der Waals surface area contributed by atoms with E-state index < -0.39 is 30.5 Å². The van der Waals surface area contributed by atoms with Crippen molar-refractivity contribution in [1.29, 1.82) is 0 Å². The molecule has 1 fully saturated rings. The molecule has 0 radical (unpaired) electrons. The van der Waals surface area contributed by atoms with Crippen LogP contribution in [0.15, 0.2) is 0 Å². The van der Waals surface area contributed by atoms with E-state index in [1.54, 1.807) is 0 Å². The second-order valence-electron chi connectivity index (χ2n) is 5.52. The van der Waals surface area contributed by atoms with Crippen LogP contribution in [0.1, 0.15) is 23.4 Å². The van der Waals surface area contributed by atoms with Crippen LogP contribution < -0.4 is 5.32 Å². The van der Waals surface area contributed by atoms with Gasteiger partial charge in [0.15, 0.2) is 5.13 Å². The quantitative estimate of drug-likeness (QED) is 0.920. The molecule has 0 aromatic carbocycles. The van der Waals surface area contributed by atoms with Crippen molar-refractivity contribution in [3.8, 4) is 0 Å². The van der Waals surface area contributed by atoms with Gasteiger partial charge < -0.3 is 10.2 Å². The Morgan fingerprint density at radius 2 is 2.18 bits per heavy atom. The maximum atomic E-state index is 12.3. The molecule has 22 heavy (non-hydrogen) atoms. The van der Waals surface area contributed by atoms with Gasteiger partial charge in [-0.15, -0.1) is 11.3 Å². The van der Waals surface area contributed by atoms with Crippen LogP contribution in [0.5, 0.6) is 0 Å². The largest absolute Gasteiger partial charge is 0.406 e. The minimum Gasteiger partial charge on any atom is -0.333 e. The first kappa shape index (κ1) is 15.3. The number of carbonyl (C=O) groups excluding carboxylic acids is 2. The Balaban J connectivity index is 1.60. The third-order valence-electron chi connectivity index (χ3n) is 3.78. The van der Waals surface area contributed by atoms with E-state index in [2.05, 4.69) is 10.3 Å². The number of aromatic nitrogens is 1. The minimum absolute atomic E-state index is 0.187. The summed E-state index contributed by atoms with van der Waals surface area (Å²) in [5.74, 6) is -1.84. The van der Waals surface area contributed by atoms with Crippen molar-refractivity contribution in [2.24, 2.45) is 5.92 Å². The molecule has 1 atom stereocenters. The number of aryl methyl sites for hydroxylation is 2. The molecular formula is C13H14F3N3O2S. The molecule has 2 amide bonds. The van der Waals surface area contributed by atoms with Crippen molar-refractivity contribution >= 4 is 28.3 Å². The molecule has 1 aliphatic heterocycles. The number of rotatable bonds is 3. The van der Waals surface area contributed by atoms with E-state index in [0.717, 1.165) is 29.8 Å². The van der Waals surface area contributed by atoms with Crippen LogP contribution in [0, 0.1) is 5.92 Å². The van der Waals surface area contributed by atoms with Crippen molar-refractivity contribution in [1.82, 2.24) is 9.88 Å². The van der Waals surface area contributed by atoms with Crippen molar-refractivity contribution in [3.63, 3.8) is 0 Å². The van der Waals surface area contributed by atoms with Gasteiger partial charge >= 0.3 is 6.18 Å². The molecule has 2 heterocycles. The molecule has 3 rings (SSSR count). The monoisotopic (exact) mass is 333 g/mol. The lowest BCUT2D eigenvalue weighted by Crippen LogP contribution is -2.36. The van der Waals surface area contributed by atoms with Crippen molar-refractivity contribution in [3.05, 3.63) is 10.6 Å². The number of hydrogen-bond acceptors (Lipinski definition) is 4. The van der Waals surface area contributed by atoms with Crippen LogP contribution >= 0.6 is 11.3 Å². The molecule has 0 spiro atoms. The van der Waals surface area contributed by atoms with E-state index >= 15 is 0 Å². The summed E-state index contributed by atoms with van der Waals surface area (Å²) in [6, 6.07) is 0. The molecule has 0 bridgehead atoms. The topological polar surface area (TPSA) is 62.3 Å². The average Bonchev–Trinajstić information content (AvgIpc) is 3.03. The third-order valence-corrected chi connectivity index (χ3v) is 4.85. The van der Waals surface area contributed by atoms with Crippen LogP contribution in [-0.2, 0) is 22.4 Å². The Hall–Kier alpha value is -1.64. The number of anilines is 1. The van der Waals surface area contributed by atoms with Crippen LogP contribution in [0.3, 0.4) is 0 Å². The summed E-state index contributed by atoms with van der Waals surface area (Å²) in [4.78, 5) is 29.8. The summed E-state index contributed by atoms with van der Waals surface area (Å²) >= 11 is 1.40. The first-order chi connectivity index (χ1) is 10.3. The second-order valence-corrected chi connectivity index (χ2v) is 6.61. The van der Waals surface area contributed by atoms with Gasteiger partial charge in [-0.25, -0.2) is 4.98 Å². The van der Waals surface area contributed by atoms with Crippen LogP contribution in [0.4, 0.5) is 18.3 Å². The highest BCUT2D eigenvalue weighted by molar-refractivity contribution is 7.15. The van der Waals surface area contributed by atoms with Gasteiger partial charge in [-0.2, -0.15) is 13.2 Å². The van der Waals surface area contributed by atoms with Crippen molar-refractivity contribution in [2.75, 3.05) is 18.4 Å². The zero-order valence-electron chi connectivity index (χ0n) is 11.6. The molecule has 0 saturated carbocycles. The van der Waals surface area contributed by atoms with Gasteiger partial charge in [0.05, 0.1) is 11.6 Å². The molecule has 1 unspecified atom stereocenters. The first-order valence-electron chi connectivity index (χ1n) is 6.96. The highest BCUT2D eigenvalue weighted by Gasteiger charge is 2.40. The molecule has 5 nitrogen and oxygen atoms in total. The Morgan fingerprint density at radius 1 is 1.41 bits per heavy atom. The number of amides is 2. The molecule has 1 aromatic rings. The van der Waals surface area contributed by atoms with Gasteiger partial charge in [-0.1, -0.05) is 0 Å². The van der Waals surface area contributed by atoms with Crippen LogP contribution in [0.2, 0.25) is 0 Å². The second kappa shape index (κ2) is 5.53. The summed E-state index contributed by atoms with van der Waals surface area (Å²) in [5.41, 5.74) is 0.987. The van der Waals surface area contributed by atoms with Gasteiger partial charge in [0.1, 0.15) is 6.54 Å². The fourth-order valence-electron chi connectivity index (χ4n) is 2.77. The van der Waals surface area contributed by atoms with E-state index in [0.29, 0.717) is 10.0 Å². The van der Waals surface area contributed by atoms with Gasteiger partial charge in [0.25, 0.3) is 0 Å². The summed E-state index contributed by atoms with van der Waals surface area (Å²) in [6.07, 6.45) is -1.73. The number of halogens is 3. The predicted molar refractivity (Wildman–Crippen MR) is 73.5 cm³/mol. The van der Waals surface area contributed by atoms with E-state index in [1.165, 1.54) is 11.3 Å². The zero-order chi connectivity index (χ0) is 15.9. The molecule has 1 aromatic heterocycles. The number of carbonyl (C=O) groups is 2. The lowest BCUT2D eigenvalue weighted by atomic mass is 10.1. The maximum Gasteiger partial charge on any atom is 0.406 e. The average molecular weight is 333 g/mol. The molecular weight excluding hydrogens is 319 g/mol. The predicted octanol–water partition coefficient (Wildman–Crippen LogP) is 1.98. The number of alkyl halides is 3. The zero-order valence-corrected chi connectivity index (χ0v) is 12.4. The number of nitrogens with zero attached hydrogens (tertiary/aromatic N) is 2. The summed E-state index contributed by atoms with van der Waals surface area (Å²) in [6.45, 7) is -1.50. The van der Waals surface area contributed by atoms with E-state index in [1.807, 2.05) is 0 Å². The van der Waals surface area contributed by atoms with E-state index in [9.17, 15) is 22.8 Å². The number of fused-ring (bicyclic) bond motifs is 1. The lowest BCUT2D eigenvalue weighted by molar-refractivity contribution is -0.157. The number of thiazole rings is 1. The third kappa shape index (κ3) is 3.23. The Kier molecular flexibility index (Phi) is 3.84. The van der Waals surface area contributed by atoms with Gasteiger partial charge in [-0.3, -0.25) is 9.59 Å². The smallest absolute Gasteiger partial charge is 0.333 e. The lowest BCUT2D eigenvalue weighted by Gasteiger charge is -2.18. The number of hydrogen-bond donors (Lipinski definition) is 1. The van der Waals surface area contributed by atoms with Gasteiger partial charge in [0, 0.05) is 17.8 Å². The molecule has 2 aliphatic rings. The number of nitrogens with one attached hydrogen (secondary N) is 1. The fraction of sp³-hybridized carbons (Fsp3) is 0.615. The Bertz CT molecular complexity index is 593. The summed E-state index contributed by atoms with van der Waals surface area (Å²) < 4.78 is 37.0. The molecule has 1 aliphatic carbocycles. The summed E-state index contributed by atoms with van der Waals surface area (Å²) in [5, 5.41) is 3.09. The number of likely N-dealkylation sites (tertiary alicyclic amines) is 1. The normalized spacial score (nSPS) is 21.3. The van der Waals surface area contributed by atoms with Gasteiger partial charge in [0.2, 0.25) is 11.8 Å². The maximum absolute atomic E-state index is 12.3. The highest BCUT2D eigenvalue weighted by Crippen LogP contribution is 2.31. The van der Waals surface area contributed by atoms with Crippen LogP contribution in [0.25, 0.3) is 0 Å². The van der Waals surface area contributed by atoms with Gasteiger partial charge in [-0.05, 0) is 19.3 Å². The minimum atomic E-state index is -4.45. The first-order valence-corrected chi connectivity index (χ1v) is 7.77. The standard InChI is InChI=1S/C13H14F3N3O2S/c14-13(15,16)6-19-5-7(4-10(19)20)11(21)18-12-17-8-2-1-3-9(8)22-12/h7H,1-6H2,(H,17,18,21). The molecule has 9 heteroatoms. The fourth-order valence-corrected chi connectivity index (χ4v) is 3.82. The van der Waals surface area contributed by atoms with Crippen molar-refractivity contribution < 1.29 is 22.8 Å². The highest BCUT2D eigenvalue weighted by atomic mass is 32.1. The SMILES string of the molecule is O=C(Nc1nc2c(s1)CCC2)C1CC(=O)N(CC(F)(F)F)C1. The molecule has 120 valence electrons. The van der Waals surface area contributed by atoms with Crippen LogP contribution in [-0.4, -0.2) is 41.0 Å². The Morgan fingerprint density at radius 3 is 2.86 bits per heavy atom. The summed E-state index contributed by atoms with van der Waals surface area (Å²) in [7, 11) is 0. The molecule has 1 saturated heterocycles. The molecule has 1 N–H and O–H groups in total. The van der Waals surface area contributed by atoms with E-state index in [4.69, 9.17) is 0 Å². The van der Waals surface area contributed by atoms with E-state index in [-0.39, 0.29) is 13.0 Å². The van der Waals surface area contributed by atoms with Crippen molar-refractivity contribution in [2.45, 2.75) is 31.9 Å². The Labute approximate surface area is 128 Å².